The third-order valence-electron chi connectivity index (χ3n) is 2.48. The second-order valence-corrected chi connectivity index (χ2v) is 3.69. The van der Waals surface area contributed by atoms with Crippen LogP contribution in [0.5, 0.6) is 0 Å². The molecule has 1 unspecified atom stereocenters. The fourth-order valence-electron chi connectivity index (χ4n) is 1.61. The maximum Gasteiger partial charge on any atom is 0.167 e. The van der Waals surface area contributed by atoms with E-state index < -0.39 is 6.10 Å². The molecule has 3 aromatic heterocycles. The number of aromatic nitrogens is 6. The first-order valence-corrected chi connectivity index (χ1v) is 5.14. The van der Waals surface area contributed by atoms with Gasteiger partial charge in [-0.25, -0.2) is 14.6 Å². The van der Waals surface area contributed by atoms with Crippen LogP contribution in [0.2, 0.25) is 0 Å². The molecule has 0 aromatic carbocycles. The fourth-order valence-corrected chi connectivity index (χ4v) is 1.61. The number of aliphatic hydroxyl groups excluding tert-OH is 1. The Hall–Kier alpha value is -2.28. The normalized spacial score (nSPS) is 13.1. The predicted molar refractivity (Wildman–Crippen MR) is 59.4 cm³/mol. The van der Waals surface area contributed by atoms with Crippen LogP contribution in [0.4, 0.5) is 0 Å². The van der Waals surface area contributed by atoms with Crippen LogP contribution >= 0.6 is 0 Å². The Morgan fingerprint density at radius 3 is 3.06 bits per heavy atom. The molecule has 7 nitrogen and oxygen atoms in total. The number of nitrogens with zero attached hydrogens (tertiary/aromatic N) is 5. The molecular formula is C10H10N6O. The van der Waals surface area contributed by atoms with Gasteiger partial charge in [0, 0.05) is 6.20 Å². The van der Waals surface area contributed by atoms with Gasteiger partial charge >= 0.3 is 0 Å². The van der Waals surface area contributed by atoms with Crippen LogP contribution in [0, 0.1) is 0 Å². The van der Waals surface area contributed by atoms with Crippen molar-refractivity contribution in [3.8, 4) is 5.82 Å². The quantitative estimate of drug-likeness (QED) is 0.672. The Morgan fingerprint density at radius 1 is 1.41 bits per heavy atom. The average molecular weight is 230 g/mol. The van der Waals surface area contributed by atoms with E-state index in [0.717, 1.165) is 5.39 Å². The van der Waals surface area contributed by atoms with Gasteiger partial charge in [-0.2, -0.15) is 10.2 Å². The predicted octanol–water partition coefficient (Wildman–Crippen LogP) is 0.592. The zero-order valence-corrected chi connectivity index (χ0v) is 9.07. The molecule has 7 heteroatoms. The van der Waals surface area contributed by atoms with Gasteiger partial charge < -0.3 is 5.11 Å². The van der Waals surface area contributed by atoms with Crippen molar-refractivity contribution in [2.24, 2.45) is 0 Å². The minimum absolute atomic E-state index is 0.597. The van der Waals surface area contributed by atoms with E-state index in [1.165, 1.54) is 6.33 Å². The largest absolute Gasteiger partial charge is 0.387 e. The molecule has 2 N–H and O–H groups in total. The van der Waals surface area contributed by atoms with Crippen molar-refractivity contribution >= 4 is 11.0 Å². The molecule has 0 radical (unpaired) electrons. The number of aromatic amines is 1. The summed E-state index contributed by atoms with van der Waals surface area (Å²) in [6.45, 7) is 1.67. The van der Waals surface area contributed by atoms with E-state index >= 15 is 0 Å². The molecule has 17 heavy (non-hydrogen) atoms. The van der Waals surface area contributed by atoms with Gasteiger partial charge in [0.15, 0.2) is 11.5 Å². The van der Waals surface area contributed by atoms with Crippen molar-refractivity contribution < 1.29 is 5.11 Å². The maximum absolute atomic E-state index is 9.43. The highest BCUT2D eigenvalue weighted by molar-refractivity contribution is 5.80. The number of aliphatic hydroxyl groups is 1. The lowest BCUT2D eigenvalue weighted by Crippen LogP contribution is -2.01. The molecule has 0 bridgehead atoms. The topological polar surface area (TPSA) is 92.5 Å². The summed E-state index contributed by atoms with van der Waals surface area (Å²) in [5.74, 6) is 0.635. The summed E-state index contributed by atoms with van der Waals surface area (Å²) < 4.78 is 1.60. The van der Waals surface area contributed by atoms with Gasteiger partial charge in [0.25, 0.3) is 0 Å². The SMILES string of the molecule is CC(O)c1ccn(-c2ncnc3[nH]ncc23)n1. The molecule has 86 valence electrons. The maximum atomic E-state index is 9.43. The van der Waals surface area contributed by atoms with Crippen LogP contribution in [-0.4, -0.2) is 35.1 Å². The summed E-state index contributed by atoms with van der Waals surface area (Å²) in [6, 6.07) is 1.75. The molecule has 0 aliphatic carbocycles. The van der Waals surface area contributed by atoms with E-state index in [9.17, 15) is 5.11 Å². The summed E-state index contributed by atoms with van der Waals surface area (Å²) in [6.07, 6.45) is 4.24. The van der Waals surface area contributed by atoms with Gasteiger partial charge in [0.2, 0.25) is 0 Å². The first kappa shape index (κ1) is 9.91. The van der Waals surface area contributed by atoms with Crippen LogP contribution in [0.3, 0.4) is 0 Å². The van der Waals surface area contributed by atoms with Crippen molar-refractivity contribution in [3.63, 3.8) is 0 Å². The van der Waals surface area contributed by atoms with Crippen molar-refractivity contribution in [3.05, 3.63) is 30.5 Å². The lowest BCUT2D eigenvalue weighted by Gasteiger charge is -2.01. The molecule has 0 saturated carbocycles. The molecule has 0 saturated heterocycles. The first-order valence-electron chi connectivity index (χ1n) is 5.14. The molecule has 3 rings (SSSR count). The highest BCUT2D eigenvalue weighted by atomic mass is 16.3. The van der Waals surface area contributed by atoms with Gasteiger partial charge in [-0.1, -0.05) is 0 Å². The van der Waals surface area contributed by atoms with Gasteiger partial charge in [0.05, 0.1) is 23.4 Å². The third-order valence-corrected chi connectivity index (χ3v) is 2.48. The van der Waals surface area contributed by atoms with Crippen LogP contribution < -0.4 is 0 Å². The number of rotatable bonds is 2. The number of hydrogen-bond donors (Lipinski definition) is 2. The van der Waals surface area contributed by atoms with E-state index in [1.807, 2.05) is 0 Å². The van der Waals surface area contributed by atoms with Crippen LogP contribution in [0.15, 0.2) is 24.8 Å². The summed E-state index contributed by atoms with van der Waals surface area (Å²) in [4.78, 5) is 8.22. The monoisotopic (exact) mass is 230 g/mol. The molecule has 0 amide bonds. The number of fused-ring (bicyclic) bond motifs is 1. The van der Waals surface area contributed by atoms with Gasteiger partial charge in [0.1, 0.15) is 6.33 Å². The van der Waals surface area contributed by atoms with Crippen LogP contribution in [0.1, 0.15) is 18.7 Å². The minimum Gasteiger partial charge on any atom is -0.387 e. The lowest BCUT2D eigenvalue weighted by molar-refractivity contribution is 0.193. The Kier molecular flexibility index (Phi) is 2.12. The molecule has 0 spiro atoms. The van der Waals surface area contributed by atoms with Crippen molar-refractivity contribution in [2.75, 3.05) is 0 Å². The molecule has 0 aliphatic rings. The summed E-state index contributed by atoms with van der Waals surface area (Å²) >= 11 is 0. The Bertz CT molecular complexity index is 655. The number of H-pyrrole nitrogens is 1. The summed E-state index contributed by atoms with van der Waals surface area (Å²) in [7, 11) is 0. The van der Waals surface area contributed by atoms with E-state index in [0.29, 0.717) is 17.2 Å². The van der Waals surface area contributed by atoms with E-state index in [2.05, 4.69) is 25.3 Å². The van der Waals surface area contributed by atoms with E-state index in [1.54, 1.807) is 30.1 Å². The second kappa shape index (κ2) is 3.63. The minimum atomic E-state index is -0.599. The zero-order valence-electron chi connectivity index (χ0n) is 9.07. The van der Waals surface area contributed by atoms with Gasteiger partial charge in [-0.15, -0.1) is 0 Å². The smallest absolute Gasteiger partial charge is 0.167 e. The average Bonchev–Trinajstić information content (AvgIpc) is 2.97. The molecular weight excluding hydrogens is 220 g/mol. The van der Waals surface area contributed by atoms with Gasteiger partial charge in [-0.3, -0.25) is 5.10 Å². The third kappa shape index (κ3) is 1.56. The highest BCUT2D eigenvalue weighted by Gasteiger charge is 2.10. The van der Waals surface area contributed by atoms with Crippen molar-refractivity contribution in [1.82, 2.24) is 29.9 Å². The van der Waals surface area contributed by atoms with E-state index in [4.69, 9.17) is 0 Å². The van der Waals surface area contributed by atoms with Crippen LogP contribution in [-0.2, 0) is 0 Å². The number of nitrogens with one attached hydrogen (secondary N) is 1. The van der Waals surface area contributed by atoms with Crippen molar-refractivity contribution in [2.45, 2.75) is 13.0 Å². The Labute approximate surface area is 96.1 Å². The lowest BCUT2D eigenvalue weighted by atomic mass is 10.3. The Morgan fingerprint density at radius 2 is 2.29 bits per heavy atom. The fraction of sp³-hybridized carbons (Fsp3) is 0.200. The standard InChI is InChI=1S/C10H10N6O/c1-6(17)8-2-3-16(15-8)10-7-4-13-14-9(7)11-5-12-10/h2-6,17H,1H3,(H,11,12,13,14). The summed E-state index contributed by atoms with van der Waals surface area (Å²) in [5.41, 5.74) is 1.25. The van der Waals surface area contributed by atoms with Crippen LogP contribution in [0.25, 0.3) is 16.9 Å². The second-order valence-electron chi connectivity index (χ2n) is 3.69. The highest BCUT2D eigenvalue weighted by Crippen LogP contribution is 2.16. The molecule has 0 fully saturated rings. The molecule has 3 heterocycles. The van der Waals surface area contributed by atoms with Crippen molar-refractivity contribution in [1.29, 1.82) is 0 Å². The molecule has 1 atom stereocenters. The summed E-state index contributed by atoms with van der Waals surface area (Å²) in [5, 5.41) is 21.1. The van der Waals surface area contributed by atoms with Gasteiger partial charge in [-0.05, 0) is 13.0 Å². The first-order chi connectivity index (χ1) is 8.25. The molecule has 3 aromatic rings. The number of hydrogen-bond acceptors (Lipinski definition) is 5. The zero-order chi connectivity index (χ0) is 11.8. The Balaban J connectivity index is 2.16. The molecule has 0 aliphatic heterocycles. The van der Waals surface area contributed by atoms with E-state index in [-0.39, 0.29) is 0 Å².